The maximum Gasteiger partial charge on any atom is 0.472 e. The SMILES string of the molecule is CCCCCCCCCCCCCCCCCCC(O)C(O)C(O)OP(=O)(O)O. The van der Waals surface area contributed by atoms with Gasteiger partial charge in [-0.3, -0.25) is 4.52 Å². The van der Waals surface area contributed by atoms with Gasteiger partial charge in [0.2, 0.25) is 0 Å². The molecular weight excluding hydrogens is 395 g/mol. The van der Waals surface area contributed by atoms with Crippen molar-refractivity contribution in [3.8, 4) is 0 Å². The molecule has 8 heteroatoms. The van der Waals surface area contributed by atoms with Crippen LogP contribution in [-0.2, 0) is 9.09 Å². The van der Waals surface area contributed by atoms with Gasteiger partial charge in [-0.25, -0.2) is 4.57 Å². The maximum absolute atomic E-state index is 10.6. The van der Waals surface area contributed by atoms with Crippen molar-refractivity contribution in [3.05, 3.63) is 0 Å². The lowest BCUT2D eigenvalue weighted by Crippen LogP contribution is -2.38. The standard InChI is InChI=1S/C21H45O7P/c1-2-3-4-5-6-7-8-9-10-11-12-13-14-15-16-17-18-19(22)20(23)21(24)28-29(25,26)27/h19-24H,2-18H2,1H3,(H2,25,26,27). The normalized spacial score (nSPS) is 15.4. The largest absolute Gasteiger partial charge is 0.472 e. The molecule has 0 aliphatic heterocycles. The summed E-state index contributed by atoms with van der Waals surface area (Å²) in [6.07, 6.45) is 15.0. The smallest absolute Gasteiger partial charge is 0.390 e. The third-order valence-corrected chi connectivity index (χ3v) is 5.78. The molecule has 0 fully saturated rings. The Morgan fingerprint density at radius 2 is 1.00 bits per heavy atom. The minimum atomic E-state index is -4.90. The van der Waals surface area contributed by atoms with Crippen molar-refractivity contribution in [1.82, 2.24) is 0 Å². The first kappa shape index (κ1) is 29.0. The van der Waals surface area contributed by atoms with Gasteiger partial charge < -0.3 is 25.1 Å². The number of aliphatic hydroxyl groups excluding tert-OH is 3. The van der Waals surface area contributed by atoms with Crippen LogP contribution in [0.4, 0.5) is 0 Å². The van der Waals surface area contributed by atoms with Crippen molar-refractivity contribution in [2.45, 2.75) is 135 Å². The third-order valence-electron chi connectivity index (χ3n) is 5.29. The Labute approximate surface area is 177 Å². The van der Waals surface area contributed by atoms with Gasteiger partial charge in [0.1, 0.15) is 6.10 Å². The summed E-state index contributed by atoms with van der Waals surface area (Å²) in [6.45, 7) is 2.25. The monoisotopic (exact) mass is 440 g/mol. The molecule has 0 amide bonds. The lowest BCUT2D eigenvalue weighted by atomic mass is 10.0. The molecule has 3 unspecified atom stereocenters. The summed E-state index contributed by atoms with van der Waals surface area (Å²) in [5, 5.41) is 28.7. The van der Waals surface area contributed by atoms with Gasteiger partial charge in [0.05, 0.1) is 6.10 Å². The van der Waals surface area contributed by atoms with Gasteiger partial charge in [0, 0.05) is 0 Å². The third kappa shape index (κ3) is 19.7. The van der Waals surface area contributed by atoms with Crippen LogP contribution < -0.4 is 0 Å². The lowest BCUT2D eigenvalue weighted by molar-refractivity contribution is -0.151. The second-order valence-corrected chi connectivity index (χ2v) is 9.33. The zero-order valence-electron chi connectivity index (χ0n) is 18.3. The molecule has 0 bridgehead atoms. The molecule has 3 atom stereocenters. The Hall–Kier alpha value is -0.0100. The summed E-state index contributed by atoms with van der Waals surface area (Å²) in [6, 6.07) is 0. The Balaban J connectivity index is 3.39. The molecule has 0 aliphatic rings. The first-order valence-corrected chi connectivity index (χ1v) is 13.1. The molecule has 0 spiro atoms. The van der Waals surface area contributed by atoms with Gasteiger partial charge in [-0.1, -0.05) is 110 Å². The van der Waals surface area contributed by atoms with Crippen molar-refractivity contribution in [2.24, 2.45) is 0 Å². The molecule has 0 heterocycles. The van der Waals surface area contributed by atoms with Crippen LogP contribution in [0.15, 0.2) is 0 Å². The molecule has 0 aromatic heterocycles. The van der Waals surface area contributed by atoms with E-state index in [1.54, 1.807) is 0 Å². The van der Waals surface area contributed by atoms with Crippen LogP contribution in [0.5, 0.6) is 0 Å². The second kappa shape index (κ2) is 18.7. The number of rotatable bonds is 21. The summed E-state index contributed by atoms with van der Waals surface area (Å²) < 4.78 is 14.6. The number of hydrogen-bond donors (Lipinski definition) is 5. The summed E-state index contributed by atoms with van der Waals surface area (Å²) in [7, 11) is -4.90. The molecule has 176 valence electrons. The fourth-order valence-electron chi connectivity index (χ4n) is 3.47. The fraction of sp³-hybridized carbons (Fsp3) is 1.00. The molecule has 0 aliphatic carbocycles. The van der Waals surface area contributed by atoms with Gasteiger partial charge in [-0.05, 0) is 6.42 Å². The van der Waals surface area contributed by atoms with Crippen molar-refractivity contribution >= 4 is 7.82 Å². The molecule has 0 saturated heterocycles. The minimum absolute atomic E-state index is 0.251. The van der Waals surface area contributed by atoms with Gasteiger partial charge in [0.25, 0.3) is 0 Å². The van der Waals surface area contributed by atoms with Crippen molar-refractivity contribution < 1.29 is 34.2 Å². The summed E-state index contributed by atoms with van der Waals surface area (Å²) in [4.78, 5) is 17.2. The molecule has 0 aromatic carbocycles. The molecule has 0 aromatic rings. The van der Waals surface area contributed by atoms with E-state index in [2.05, 4.69) is 11.4 Å². The Kier molecular flexibility index (Phi) is 18.7. The zero-order valence-corrected chi connectivity index (χ0v) is 19.1. The topological polar surface area (TPSA) is 127 Å². The highest BCUT2D eigenvalue weighted by atomic mass is 31.2. The van der Waals surface area contributed by atoms with E-state index < -0.39 is 26.3 Å². The van der Waals surface area contributed by atoms with E-state index >= 15 is 0 Å². The summed E-state index contributed by atoms with van der Waals surface area (Å²) in [5.74, 6) is 0. The Morgan fingerprint density at radius 3 is 1.34 bits per heavy atom. The highest BCUT2D eigenvalue weighted by Crippen LogP contribution is 2.38. The van der Waals surface area contributed by atoms with Crippen LogP contribution in [0.1, 0.15) is 116 Å². The van der Waals surface area contributed by atoms with Crippen LogP contribution in [0.2, 0.25) is 0 Å². The van der Waals surface area contributed by atoms with E-state index in [0.717, 1.165) is 19.3 Å². The molecule has 0 rings (SSSR count). The zero-order chi connectivity index (χ0) is 22.0. The molecule has 5 N–H and O–H groups in total. The van der Waals surface area contributed by atoms with Crippen molar-refractivity contribution in [1.29, 1.82) is 0 Å². The number of unbranched alkanes of at least 4 members (excludes halogenated alkanes) is 15. The van der Waals surface area contributed by atoms with E-state index in [-0.39, 0.29) is 6.42 Å². The number of phosphoric ester groups is 1. The van der Waals surface area contributed by atoms with Crippen LogP contribution in [-0.4, -0.2) is 43.6 Å². The Morgan fingerprint density at radius 1 is 0.655 bits per heavy atom. The van der Waals surface area contributed by atoms with E-state index in [0.29, 0.717) is 6.42 Å². The van der Waals surface area contributed by atoms with Crippen LogP contribution in [0, 0.1) is 0 Å². The minimum Gasteiger partial charge on any atom is -0.390 e. The van der Waals surface area contributed by atoms with E-state index in [1.807, 2.05) is 0 Å². The van der Waals surface area contributed by atoms with Gasteiger partial charge in [0.15, 0.2) is 6.29 Å². The van der Waals surface area contributed by atoms with Crippen molar-refractivity contribution in [2.75, 3.05) is 0 Å². The van der Waals surface area contributed by atoms with Gasteiger partial charge in [-0.15, -0.1) is 0 Å². The van der Waals surface area contributed by atoms with E-state index in [1.165, 1.54) is 77.0 Å². The Bertz CT molecular complexity index is 402. The molecule has 7 nitrogen and oxygen atoms in total. The highest BCUT2D eigenvalue weighted by Gasteiger charge is 2.30. The average molecular weight is 441 g/mol. The first-order chi connectivity index (χ1) is 13.8. The highest BCUT2D eigenvalue weighted by molar-refractivity contribution is 7.46. The molecule has 29 heavy (non-hydrogen) atoms. The van der Waals surface area contributed by atoms with Gasteiger partial charge in [-0.2, -0.15) is 0 Å². The quantitative estimate of drug-likeness (QED) is 0.0986. The second-order valence-electron chi connectivity index (χ2n) is 8.14. The van der Waals surface area contributed by atoms with Crippen LogP contribution >= 0.6 is 7.82 Å². The number of hydrogen-bond acceptors (Lipinski definition) is 5. The predicted octanol–water partition coefficient (Wildman–Crippen LogP) is 4.79. The van der Waals surface area contributed by atoms with Crippen LogP contribution in [0.25, 0.3) is 0 Å². The molecule has 0 saturated carbocycles. The predicted molar refractivity (Wildman–Crippen MR) is 115 cm³/mol. The van der Waals surface area contributed by atoms with Crippen LogP contribution in [0.3, 0.4) is 0 Å². The average Bonchev–Trinajstić information content (AvgIpc) is 2.65. The summed E-state index contributed by atoms with van der Waals surface area (Å²) >= 11 is 0. The summed E-state index contributed by atoms with van der Waals surface area (Å²) in [5.41, 5.74) is 0. The number of aliphatic hydroxyl groups is 3. The maximum atomic E-state index is 10.6. The lowest BCUT2D eigenvalue weighted by Gasteiger charge is -2.22. The molecule has 0 radical (unpaired) electrons. The van der Waals surface area contributed by atoms with Gasteiger partial charge >= 0.3 is 7.82 Å². The van der Waals surface area contributed by atoms with E-state index in [4.69, 9.17) is 9.79 Å². The number of phosphoric acid groups is 1. The first-order valence-electron chi connectivity index (χ1n) is 11.6. The van der Waals surface area contributed by atoms with E-state index in [9.17, 15) is 19.9 Å². The molecular formula is C21H45O7P. The van der Waals surface area contributed by atoms with Crippen molar-refractivity contribution in [3.63, 3.8) is 0 Å². The fourth-order valence-corrected chi connectivity index (χ4v) is 3.87.